The minimum Gasteiger partial charge on any atom is -0.308 e. The zero-order valence-corrected chi connectivity index (χ0v) is 7.53. The summed E-state index contributed by atoms with van der Waals surface area (Å²) in [5.74, 6) is 0.187. The molecule has 13 heavy (non-hydrogen) atoms. The number of anilines is 1. The molecule has 5 nitrogen and oxygen atoms in total. The van der Waals surface area contributed by atoms with Crippen molar-refractivity contribution >= 4 is 11.7 Å². The van der Waals surface area contributed by atoms with Gasteiger partial charge in [-0.15, -0.1) is 0 Å². The van der Waals surface area contributed by atoms with Gasteiger partial charge >= 0.3 is 0 Å². The van der Waals surface area contributed by atoms with Gasteiger partial charge in [-0.2, -0.15) is 10.4 Å². The predicted molar refractivity (Wildman–Crippen MR) is 46.8 cm³/mol. The van der Waals surface area contributed by atoms with Crippen LogP contribution in [0.5, 0.6) is 0 Å². The second-order valence-electron chi connectivity index (χ2n) is 2.58. The van der Waals surface area contributed by atoms with E-state index in [0.717, 1.165) is 0 Å². The SMILES string of the molecule is CCC(=O)Nc1nn(C)cc1C#N. The Morgan fingerprint density at radius 2 is 2.54 bits per heavy atom. The third-order valence-electron chi connectivity index (χ3n) is 1.53. The highest BCUT2D eigenvalue weighted by Crippen LogP contribution is 2.10. The Balaban J connectivity index is 2.88. The number of amides is 1. The summed E-state index contributed by atoms with van der Waals surface area (Å²) in [6.07, 6.45) is 1.94. The van der Waals surface area contributed by atoms with Gasteiger partial charge in [0.2, 0.25) is 5.91 Å². The van der Waals surface area contributed by atoms with Crippen molar-refractivity contribution in [1.29, 1.82) is 5.26 Å². The number of nitrogens with zero attached hydrogens (tertiary/aromatic N) is 3. The molecule has 0 spiro atoms. The number of nitrogens with one attached hydrogen (secondary N) is 1. The molecule has 1 rings (SSSR count). The summed E-state index contributed by atoms with van der Waals surface area (Å²) < 4.78 is 1.49. The van der Waals surface area contributed by atoms with E-state index in [4.69, 9.17) is 5.26 Å². The molecular weight excluding hydrogens is 168 g/mol. The van der Waals surface area contributed by atoms with Crippen LogP contribution in [0.15, 0.2) is 6.20 Å². The van der Waals surface area contributed by atoms with Gasteiger partial charge in [-0.05, 0) is 0 Å². The Kier molecular flexibility index (Phi) is 2.65. The number of nitriles is 1. The quantitative estimate of drug-likeness (QED) is 0.722. The normalized spacial score (nSPS) is 9.31. The fourth-order valence-electron chi connectivity index (χ4n) is 0.883. The van der Waals surface area contributed by atoms with Crippen LogP contribution in [0, 0.1) is 11.3 Å². The van der Waals surface area contributed by atoms with Crippen LogP contribution in [0.25, 0.3) is 0 Å². The van der Waals surface area contributed by atoms with Crippen molar-refractivity contribution < 1.29 is 4.79 Å². The zero-order valence-electron chi connectivity index (χ0n) is 7.53. The van der Waals surface area contributed by atoms with E-state index in [0.29, 0.717) is 17.8 Å². The van der Waals surface area contributed by atoms with Crippen LogP contribution in [0.1, 0.15) is 18.9 Å². The maximum atomic E-state index is 11.0. The number of hydrogen-bond acceptors (Lipinski definition) is 3. The Hall–Kier alpha value is -1.83. The molecule has 0 saturated carbocycles. The molecule has 1 aromatic heterocycles. The molecule has 0 atom stereocenters. The summed E-state index contributed by atoms with van der Waals surface area (Å²) in [5.41, 5.74) is 0.379. The van der Waals surface area contributed by atoms with E-state index in [2.05, 4.69) is 10.4 Å². The highest BCUT2D eigenvalue weighted by atomic mass is 16.1. The van der Waals surface area contributed by atoms with Gasteiger partial charge in [-0.1, -0.05) is 6.92 Å². The standard InChI is InChI=1S/C8H10N4O/c1-3-7(13)10-8-6(4-9)5-12(2)11-8/h5H,3H2,1-2H3,(H,10,11,13). The van der Waals surface area contributed by atoms with Crippen molar-refractivity contribution in [3.05, 3.63) is 11.8 Å². The van der Waals surface area contributed by atoms with Gasteiger partial charge in [-0.3, -0.25) is 9.48 Å². The maximum Gasteiger partial charge on any atom is 0.225 e. The first kappa shape index (κ1) is 9.26. The van der Waals surface area contributed by atoms with Crippen molar-refractivity contribution in [3.63, 3.8) is 0 Å². The third kappa shape index (κ3) is 2.06. The van der Waals surface area contributed by atoms with Gasteiger partial charge < -0.3 is 5.32 Å². The van der Waals surface area contributed by atoms with Crippen LogP contribution >= 0.6 is 0 Å². The van der Waals surface area contributed by atoms with Crippen molar-refractivity contribution in [2.75, 3.05) is 5.32 Å². The molecular formula is C8H10N4O. The lowest BCUT2D eigenvalue weighted by Crippen LogP contribution is -2.11. The van der Waals surface area contributed by atoms with E-state index in [1.807, 2.05) is 6.07 Å². The van der Waals surface area contributed by atoms with Crippen molar-refractivity contribution in [2.45, 2.75) is 13.3 Å². The molecule has 0 fully saturated rings. The summed E-state index contributed by atoms with van der Waals surface area (Å²) in [7, 11) is 1.70. The Morgan fingerprint density at radius 1 is 1.85 bits per heavy atom. The molecule has 5 heteroatoms. The third-order valence-corrected chi connectivity index (χ3v) is 1.53. The molecule has 0 radical (unpaired) electrons. The molecule has 0 unspecified atom stereocenters. The lowest BCUT2D eigenvalue weighted by molar-refractivity contribution is -0.115. The number of aryl methyl sites for hydroxylation is 1. The average Bonchev–Trinajstić information content (AvgIpc) is 2.46. The van der Waals surface area contributed by atoms with Crippen LogP contribution in [-0.4, -0.2) is 15.7 Å². The Bertz CT molecular complexity index is 361. The molecule has 0 bridgehead atoms. The first-order chi connectivity index (χ1) is 6.17. The largest absolute Gasteiger partial charge is 0.308 e. The molecule has 1 heterocycles. The minimum atomic E-state index is -0.143. The Morgan fingerprint density at radius 3 is 3.08 bits per heavy atom. The first-order valence-electron chi connectivity index (χ1n) is 3.91. The van der Waals surface area contributed by atoms with Crippen LogP contribution in [0.4, 0.5) is 5.82 Å². The number of aromatic nitrogens is 2. The minimum absolute atomic E-state index is 0.143. The summed E-state index contributed by atoms with van der Waals surface area (Å²) in [4.78, 5) is 11.0. The maximum absolute atomic E-state index is 11.0. The van der Waals surface area contributed by atoms with Crippen molar-refractivity contribution in [3.8, 4) is 6.07 Å². The van der Waals surface area contributed by atoms with Gasteiger partial charge in [-0.25, -0.2) is 0 Å². The second kappa shape index (κ2) is 3.72. The fraction of sp³-hybridized carbons (Fsp3) is 0.375. The first-order valence-corrected chi connectivity index (χ1v) is 3.91. The Labute approximate surface area is 76.0 Å². The lowest BCUT2D eigenvalue weighted by atomic mass is 10.3. The number of carbonyl (C=O) groups excluding carboxylic acids is 1. The molecule has 0 aromatic carbocycles. The van der Waals surface area contributed by atoms with E-state index < -0.39 is 0 Å². The molecule has 0 saturated heterocycles. The molecule has 0 aliphatic carbocycles. The van der Waals surface area contributed by atoms with Crippen LogP contribution in [-0.2, 0) is 11.8 Å². The van der Waals surface area contributed by atoms with E-state index >= 15 is 0 Å². The summed E-state index contributed by atoms with van der Waals surface area (Å²) in [5, 5.41) is 15.1. The van der Waals surface area contributed by atoms with E-state index in [9.17, 15) is 4.79 Å². The molecule has 1 N–H and O–H groups in total. The van der Waals surface area contributed by atoms with Gasteiger partial charge in [0.25, 0.3) is 0 Å². The number of hydrogen-bond donors (Lipinski definition) is 1. The summed E-state index contributed by atoms with van der Waals surface area (Å²) >= 11 is 0. The lowest BCUT2D eigenvalue weighted by Gasteiger charge is -1.97. The monoisotopic (exact) mass is 178 g/mol. The summed E-state index contributed by atoms with van der Waals surface area (Å²) in [6, 6.07) is 1.95. The number of rotatable bonds is 2. The van der Waals surface area contributed by atoms with E-state index in [1.165, 1.54) is 4.68 Å². The van der Waals surface area contributed by atoms with E-state index in [1.54, 1.807) is 20.2 Å². The van der Waals surface area contributed by atoms with Crippen molar-refractivity contribution in [1.82, 2.24) is 9.78 Å². The van der Waals surface area contributed by atoms with Crippen LogP contribution < -0.4 is 5.32 Å². The van der Waals surface area contributed by atoms with Crippen LogP contribution in [0.3, 0.4) is 0 Å². The fourth-order valence-corrected chi connectivity index (χ4v) is 0.883. The molecule has 1 aromatic rings. The smallest absolute Gasteiger partial charge is 0.225 e. The second-order valence-corrected chi connectivity index (χ2v) is 2.58. The van der Waals surface area contributed by atoms with Gasteiger partial charge in [0.05, 0.1) is 0 Å². The van der Waals surface area contributed by atoms with Crippen molar-refractivity contribution in [2.24, 2.45) is 7.05 Å². The van der Waals surface area contributed by atoms with Gasteiger partial charge in [0, 0.05) is 19.7 Å². The van der Waals surface area contributed by atoms with Crippen LogP contribution in [0.2, 0.25) is 0 Å². The zero-order chi connectivity index (χ0) is 9.84. The average molecular weight is 178 g/mol. The number of carbonyl (C=O) groups is 1. The molecule has 68 valence electrons. The molecule has 0 aliphatic rings. The topological polar surface area (TPSA) is 70.7 Å². The summed E-state index contributed by atoms with van der Waals surface area (Å²) in [6.45, 7) is 1.74. The molecule has 1 amide bonds. The predicted octanol–water partition coefficient (Wildman–Crippen LogP) is 0.640. The van der Waals surface area contributed by atoms with Gasteiger partial charge in [0.15, 0.2) is 5.82 Å². The van der Waals surface area contributed by atoms with E-state index in [-0.39, 0.29) is 5.91 Å². The highest BCUT2D eigenvalue weighted by Gasteiger charge is 2.08. The van der Waals surface area contributed by atoms with Gasteiger partial charge in [0.1, 0.15) is 11.6 Å². The molecule has 0 aliphatic heterocycles. The highest BCUT2D eigenvalue weighted by molar-refractivity contribution is 5.90.